The van der Waals surface area contributed by atoms with Crippen LogP contribution in [0.25, 0.3) is 22.0 Å². The average molecular weight is 369 g/mol. The van der Waals surface area contributed by atoms with Gasteiger partial charge in [0, 0.05) is 42.8 Å². The van der Waals surface area contributed by atoms with Crippen LogP contribution in [0.5, 0.6) is 0 Å². The zero-order valence-electron chi connectivity index (χ0n) is 15.2. The minimum atomic E-state index is 0.749. The monoisotopic (exact) mass is 368 g/mol. The number of halogens is 1. The first-order valence-electron chi connectivity index (χ1n) is 9.33. The Morgan fingerprint density at radius 2 is 1.85 bits per heavy atom. The quantitative estimate of drug-likeness (QED) is 0.737. The van der Waals surface area contributed by atoms with Crippen LogP contribution in [0.3, 0.4) is 0 Å². The van der Waals surface area contributed by atoms with E-state index in [0.29, 0.717) is 0 Å². The second kappa shape index (κ2) is 7.78. The summed E-state index contributed by atoms with van der Waals surface area (Å²) in [5.74, 6) is 0. The number of benzene rings is 2. The normalized spacial score (nSPS) is 16.4. The molecule has 0 spiro atoms. The first-order chi connectivity index (χ1) is 12.7. The fourth-order valence-electron chi connectivity index (χ4n) is 3.67. The van der Waals surface area contributed by atoms with Crippen molar-refractivity contribution in [2.75, 3.05) is 39.8 Å². The molecule has 1 aliphatic heterocycles. The SMILES string of the molecule is CN1CCN(CCCc2[nH]nc3cc(Cl)c(-c4ccccc4)cc23)CC1. The minimum absolute atomic E-state index is 0.749. The number of likely N-dealkylation sites (N-methyl/N-ethyl adjacent to an activating group) is 1. The second-order valence-electron chi connectivity index (χ2n) is 7.17. The number of aryl methyl sites for hydroxylation is 1. The lowest BCUT2D eigenvalue weighted by Crippen LogP contribution is -2.44. The summed E-state index contributed by atoms with van der Waals surface area (Å²) < 4.78 is 0. The summed E-state index contributed by atoms with van der Waals surface area (Å²) in [6.45, 7) is 5.84. The van der Waals surface area contributed by atoms with Crippen molar-refractivity contribution in [3.05, 3.63) is 53.2 Å². The number of aromatic nitrogens is 2. The first kappa shape index (κ1) is 17.5. The van der Waals surface area contributed by atoms with E-state index in [1.165, 1.54) is 37.3 Å². The molecule has 1 fully saturated rings. The number of hydrogen-bond donors (Lipinski definition) is 1. The van der Waals surface area contributed by atoms with E-state index in [1.807, 2.05) is 24.3 Å². The van der Waals surface area contributed by atoms with Crippen LogP contribution in [0.4, 0.5) is 0 Å². The molecule has 2 aromatic carbocycles. The zero-order valence-corrected chi connectivity index (χ0v) is 16.0. The van der Waals surface area contributed by atoms with Gasteiger partial charge >= 0.3 is 0 Å². The van der Waals surface area contributed by atoms with Crippen LogP contribution in [-0.4, -0.2) is 59.8 Å². The van der Waals surface area contributed by atoms with Crippen LogP contribution < -0.4 is 0 Å². The zero-order chi connectivity index (χ0) is 17.9. The van der Waals surface area contributed by atoms with Crippen LogP contribution >= 0.6 is 11.6 Å². The highest BCUT2D eigenvalue weighted by molar-refractivity contribution is 6.34. The predicted octanol–water partition coefficient (Wildman–Crippen LogP) is 4.06. The summed E-state index contributed by atoms with van der Waals surface area (Å²) in [5, 5.41) is 9.62. The van der Waals surface area contributed by atoms with E-state index in [4.69, 9.17) is 11.6 Å². The predicted molar refractivity (Wildman–Crippen MR) is 109 cm³/mol. The van der Waals surface area contributed by atoms with E-state index in [9.17, 15) is 0 Å². The lowest BCUT2D eigenvalue weighted by atomic mass is 10.0. The van der Waals surface area contributed by atoms with Gasteiger partial charge < -0.3 is 9.80 Å². The molecule has 136 valence electrons. The highest BCUT2D eigenvalue weighted by Gasteiger charge is 2.14. The summed E-state index contributed by atoms with van der Waals surface area (Å²) in [6.07, 6.45) is 2.16. The van der Waals surface area contributed by atoms with Gasteiger partial charge in [0.2, 0.25) is 0 Å². The van der Waals surface area contributed by atoms with Gasteiger partial charge in [0.15, 0.2) is 0 Å². The van der Waals surface area contributed by atoms with Crippen LogP contribution in [0, 0.1) is 0 Å². The summed E-state index contributed by atoms with van der Waals surface area (Å²) in [6, 6.07) is 14.5. The van der Waals surface area contributed by atoms with Crippen molar-refractivity contribution < 1.29 is 0 Å². The van der Waals surface area contributed by atoms with Crippen molar-refractivity contribution in [3.8, 4) is 11.1 Å². The van der Waals surface area contributed by atoms with Crippen molar-refractivity contribution in [1.29, 1.82) is 0 Å². The van der Waals surface area contributed by atoms with Crippen molar-refractivity contribution >= 4 is 22.5 Å². The molecule has 0 atom stereocenters. The molecule has 0 unspecified atom stereocenters. The molecule has 3 aromatic rings. The third kappa shape index (κ3) is 3.78. The molecule has 1 aliphatic rings. The Kier molecular flexibility index (Phi) is 5.25. The number of nitrogens with one attached hydrogen (secondary N) is 1. The number of piperazine rings is 1. The Balaban J connectivity index is 1.49. The van der Waals surface area contributed by atoms with Crippen LogP contribution in [0.2, 0.25) is 5.02 Å². The maximum Gasteiger partial charge on any atom is 0.0938 e. The van der Waals surface area contributed by atoms with Gasteiger partial charge in [-0.25, -0.2) is 0 Å². The molecule has 0 saturated carbocycles. The van der Waals surface area contributed by atoms with Gasteiger partial charge in [-0.3, -0.25) is 5.10 Å². The van der Waals surface area contributed by atoms with Crippen molar-refractivity contribution in [2.24, 2.45) is 0 Å². The third-order valence-electron chi connectivity index (χ3n) is 5.30. The van der Waals surface area contributed by atoms with E-state index < -0.39 is 0 Å². The topological polar surface area (TPSA) is 35.2 Å². The van der Waals surface area contributed by atoms with E-state index >= 15 is 0 Å². The van der Waals surface area contributed by atoms with Crippen molar-refractivity contribution in [1.82, 2.24) is 20.0 Å². The molecule has 0 amide bonds. The lowest BCUT2D eigenvalue weighted by molar-refractivity contribution is 0.153. The van der Waals surface area contributed by atoms with Crippen LogP contribution in [0.15, 0.2) is 42.5 Å². The molecule has 1 aromatic heterocycles. The maximum atomic E-state index is 6.50. The Labute approximate surface area is 159 Å². The highest BCUT2D eigenvalue weighted by atomic mass is 35.5. The Morgan fingerprint density at radius 1 is 1.08 bits per heavy atom. The van der Waals surface area contributed by atoms with Gasteiger partial charge in [0.1, 0.15) is 0 Å². The van der Waals surface area contributed by atoms with E-state index in [0.717, 1.165) is 41.1 Å². The van der Waals surface area contributed by atoms with Gasteiger partial charge in [-0.15, -0.1) is 0 Å². The number of H-pyrrole nitrogens is 1. The molecule has 4 nitrogen and oxygen atoms in total. The number of rotatable bonds is 5. The summed E-state index contributed by atoms with van der Waals surface area (Å²) in [5.41, 5.74) is 4.37. The number of hydrogen-bond acceptors (Lipinski definition) is 3. The second-order valence-corrected chi connectivity index (χ2v) is 7.57. The first-order valence-corrected chi connectivity index (χ1v) is 9.71. The third-order valence-corrected chi connectivity index (χ3v) is 5.62. The molecule has 0 aliphatic carbocycles. The van der Waals surface area contributed by atoms with E-state index in [2.05, 4.69) is 45.2 Å². The molecule has 0 bridgehead atoms. The van der Waals surface area contributed by atoms with Crippen molar-refractivity contribution in [3.63, 3.8) is 0 Å². The molecule has 2 heterocycles. The van der Waals surface area contributed by atoms with Gasteiger partial charge in [-0.2, -0.15) is 5.10 Å². The molecule has 26 heavy (non-hydrogen) atoms. The summed E-state index contributed by atoms with van der Waals surface area (Å²) >= 11 is 6.50. The minimum Gasteiger partial charge on any atom is -0.304 e. The molecule has 0 radical (unpaired) electrons. The molecule has 1 saturated heterocycles. The lowest BCUT2D eigenvalue weighted by Gasteiger charge is -2.32. The highest BCUT2D eigenvalue weighted by Crippen LogP contribution is 2.32. The average Bonchev–Trinajstić information content (AvgIpc) is 3.05. The molecular formula is C21H25ClN4. The number of fused-ring (bicyclic) bond motifs is 1. The van der Waals surface area contributed by atoms with Crippen LogP contribution in [0.1, 0.15) is 12.1 Å². The van der Waals surface area contributed by atoms with Gasteiger partial charge in [0.05, 0.1) is 10.5 Å². The summed E-state index contributed by atoms with van der Waals surface area (Å²) in [4.78, 5) is 4.96. The number of aromatic amines is 1. The fourth-order valence-corrected chi connectivity index (χ4v) is 3.93. The molecule has 5 heteroatoms. The van der Waals surface area contributed by atoms with Gasteiger partial charge in [-0.05, 0) is 44.1 Å². The summed E-state index contributed by atoms with van der Waals surface area (Å²) in [7, 11) is 2.20. The Morgan fingerprint density at radius 3 is 2.62 bits per heavy atom. The van der Waals surface area contributed by atoms with Crippen LogP contribution in [-0.2, 0) is 6.42 Å². The largest absolute Gasteiger partial charge is 0.304 e. The number of nitrogens with zero attached hydrogens (tertiary/aromatic N) is 3. The van der Waals surface area contributed by atoms with Gasteiger partial charge in [0.25, 0.3) is 0 Å². The van der Waals surface area contributed by atoms with Gasteiger partial charge in [-0.1, -0.05) is 41.9 Å². The van der Waals surface area contributed by atoms with E-state index in [1.54, 1.807) is 0 Å². The smallest absolute Gasteiger partial charge is 0.0938 e. The Hall–Kier alpha value is -1.88. The standard InChI is InChI=1S/C21H25ClN4/c1-25-10-12-26(13-11-25)9-5-8-20-18-14-17(16-6-3-2-4-7-16)19(22)15-21(18)24-23-20/h2-4,6-7,14-15H,5,8-13H2,1H3,(H,23,24). The van der Waals surface area contributed by atoms with Crippen molar-refractivity contribution in [2.45, 2.75) is 12.8 Å². The molecule has 4 rings (SSSR count). The molecule has 1 N–H and O–H groups in total. The fraction of sp³-hybridized carbons (Fsp3) is 0.381. The van der Waals surface area contributed by atoms with E-state index in [-0.39, 0.29) is 0 Å². The maximum absolute atomic E-state index is 6.50. The Bertz CT molecular complexity index is 866. The molecular weight excluding hydrogens is 344 g/mol.